The van der Waals surface area contributed by atoms with Crippen LogP contribution in [0.1, 0.15) is 52.0 Å². The number of hydrogen-bond donors (Lipinski definition) is 0. The minimum Gasteiger partial charge on any atom is -0.464 e. The first kappa shape index (κ1) is 19.4. The zero-order valence-corrected chi connectivity index (χ0v) is 15.9. The number of unbranched alkanes of at least 4 members (excludes halogenated alkanes) is 2. The van der Waals surface area contributed by atoms with Crippen LogP contribution in [0.4, 0.5) is 0 Å². The third kappa shape index (κ3) is 5.28. The number of benzene rings is 1. The first-order valence-electron chi connectivity index (χ1n) is 8.13. The summed E-state index contributed by atoms with van der Waals surface area (Å²) in [6.07, 6.45) is 3.01. The molecule has 1 aromatic carbocycles. The van der Waals surface area contributed by atoms with Gasteiger partial charge in [-0.1, -0.05) is 43.5 Å². The Labute approximate surface area is 156 Å². The van der Waals surface area contributed by atoms with E-state index in [1.54, 1.807) is 34.5 Å². The van der Waals surface area contributed by atoms with Crippen molar-refractivity contribution in [1.29, 1.82) is 0 Å². The number of thiazole rings is 1. The van der Waals surface area contributed by atoms with Crippen molar-refractivity contribution >= 4 is 34.8 Å². The highest BCUT2D eigenvalue weighted by Crippen LogP contribution is 2.20. The number of hydrogen-bond acceptors (Lipinski definition) is 5. The molecule has 134 valence electrons. The quantitative estimate of drug-likeness (QED) is 0.502. The van der Waals surface area contributed by atoms with E-state index in [0.717, 1.165) is 19.3 Å². The van der Waals surface area contributed by atoms with Crippen molar-refractivity contribution in [3.8, 4) is 0 Å². The Balaban J connectivity index is 2.17. The predicted octanol–water partition coefficient (Wildman–Crippen LogP) is 4.42. The summed E-state index contributed by atoms with van der Waals surface area (Å²) in [5.74, 6) is -0.603. The molecule has 2 aromatic rings. The van der Waals surface area contributed by atoms with Crippen LogP contribution in [0, 0.1) is 0 Å². The Hall–Kier alpha value is -1.92. The van der Waals surface area contributed by atoms with Crippen LogP contribution in [-0.2, 0) is 11.3 Å². The molecule has 0 fully saturated rings. The van der Waals surface area contributed by atoms with E-state index in [1.807, 2.05) is 0 Å². The van der Waals surface area contributed by atoms with E-state index in [0.29, 0.717) is 28.7 Å². The van der Waals surface area contributed by atoms with Gasteiger partial charge in [0, 0.05) is 11.9 Å². The summed E-state index contributed by atoms with van der Waals surface area (Å²) < 4.78 is 4.67. The summed E-state index contributed by atoms with van der Waals surface area (Å²) in [6.45, 7) is 3.07. The van der Waals surface area contributed by atoms with Gasteiger partial charge in [-0.15, -0.1) is 11.3 Å². The molecule has 0 saturated carbocycles. The molecule has 0 radical (unpaired) electrons. The van der Waals surface area contributed by atoms with E-state index in [2.05, 4.69) is 16.6 Å². The second kappa shape index (κ2) is 9.53. The maximum absolute atomic E-state index is 12.9. The Bertz CT molecular complexity index is 733. The Morgan fingerprint density at radius 3 is 2.72 bits per heavy atom. The van der Waals surface area contributed by atoms with Gasteiger partial charge in [-0.3, -0.25) is 4.79 Å². The fraction of sp³-hybridized carbons (Fsp3) is 0.389. The van der Waals surface area contributed by atoms with Crippen molar-refractivity contribution in [3.63, 3.8) is 0 Å². The number of methoxy groups -OCH3 is 1. The maximum Gasteiger partial charge on any atom is 0.357 e. The van der Waals surface area contributed by atoms with Gasteiger partial charge in [0.15, 0.2) is 5.69 Å². The van der Waals surface area contributed by atoms with Gasteiger partial charge in [0.05, 0.1) is 24.2 Å². The molecule has 5 nitrogen and oxygen atoms in total. The number of halogens is 1. The van der Waals surface area contributed by atoms with Gasteiger partial charge in [0.25, 0.3) is 5.91 Å². The number of carbonyl (C=O) groups is 2. The van der Waals surface area contributed by atoms with Crippen LogP contribution < -0.4 is 0 Å². The highest BCUT2D eigenvalue weighted by molar-refractivity contribution is 7.09. The third-order valence-electron chi connectivity index (χ3n) is 3.70. The number of amides is 1. The van der Waals surface area contributed by atoms with Gasteiger partial charge in [0.1, 0.15) is 5.01 Å². The molecule has 0 saturated heterocycles. The van der Waals surface area contributed by atoms with Crippen molar-refractivity contribution < 1.29 is 14.3 Å². The van der Waals surface area contributed by atoms with Crippen molar-refractivity contribution in [3.05, 3.63) is 50.9 Å². The van der Waals surface area contributed by atoms with Gasteiger partial charge in [0.2, 0.25) is 0 Å². The molecule has 1 amide bonds. The number of esters is 1. The van der Waals surface area contributed by atoms with Crippen molar-refractivity contribution in [2.45, 2.75) is 32.7 Å². The molecule has 0 unspecified atom stereocenters. The van der Waals surface area contributed by atoms with E-state index in [1.165, 1.54) is 18.4 Å². The molecule has 0 atom stereocenters. The Morgan fingerprint density at radius 2 is 2.04 bits per heavy atom. The first-order valence-corrected chi connectivity index (χ1v) is 9.39. The largest absolute Gasteiger partial charge is 0.464 e. The van der Waals surface area contributed by atoms with Crippen LogP contribution >= 0.6 is 22.9 Å². The van der Waals surface area contributed by atoms with E-state index in [4.69, 9.17) is 11.6 Å². The number of ether oxygens (including phenoxy) is 1. The van der Waals surface area contributed by atoms with Crippen LogP contribution in [0.15, 0.2) is 29.6 Å². The number of nitrogens with zero attached hydrogens (tertiary/aromatic N) is 2. The predicted molar refractivity (Wildman–Crippen MR) is 99.2 cm³/mol. The van der Waals surface area contributed by atoms with Crippen molar-refractivity contribution in [2.24, 2.45) is 0 Å². The number of aromatic nitrogens is 1. The summed E-state index contributed by atoms with van der Waals surface area (Å²) in [4.78, 5) is 30.4. The molecule has 0 aliphatic carbocycles. The lowest BCUT2D eigenvalue weighted by molar-refractivity contribution is 0.0594. The minimum absolute atomic E-state index is 0.128. The van der Waals surface area contributed by atoms with E-state index < -0.39 is 5.97 Å². The summed E-state index contributed by atoms with van der Waals surface area (Å²) in [5, 5.41) is 2.77. The van der Waals surface area contributed by atoms with Gasteiger partial charge < -0.3 is 9.64 Å². The van der Waals surface area contributed by atoms with Crippen molar-refractivity contribution in [2.75, 3.05) is 13.7 Å². The van der Waals surface area contributed by atoms with Gasteiger partial charge >= 0.3 is 5.97 Å². The second-order valence-corrected chi connectivity index (χ2v) is 6.88. The highest BCUT2D eigenvalue weighted by atomic mass is 35.5. The van der Waals surface area contributed by atoms with Crippen LogP contribution in [0.2, 0.25) is 5.02 Å². The van der Waals surface area contributed by atoms with Crippen LogP contribution in [0.5, 0.6) is 0 Å². The van der Waals surface area contributed by atoms with Crippen LogP contribution in [0.3, 0.4) is 0 Å². The smallest absolute Gasteiger partial charge is 0.357 e. The van der Waals surface area contributed by atoms with Crippen LogP contribution in [-0.4, -0.2) is 35.4 Å². The molecule has 0 bridgehead atoms. The average Bonchev–Trinajstić information content (AvgIpc) is 3.09. The average molecular weight is 381 g/mol. The molecule has 0 spiro atoms. The number of rotatable bonds is 8. The topological polar surface area (TPSA) is 59.5 Å². The summed E-state index contributed by atoms with van der Waals surface area (Å²) in [5.41, 5.74) is 0.742. The highest BCUT2D eigenvalue weighted by Gasteiger charge is 2.20. The SMILES string of the molecule is CCCCCN(Cc1nc(C(=O)OC)cs1)C(=O)c1ccccc1Cl. The van der Waals surface area contributed by atoms with Gasteiger partial charge in [-0.25, -0.2) is 9.78 Å². The normalized spacial score (nSPS) is 10.5. The lowest BCUT2D eigenvalue weighted by Crippen LogP contribution is -2.31. The lowest BCUT2D eigenvalue weighted by atomic mass is 10.1. The zero-order valence-electron chi connectivity index (χ0n) is 14.3. The standard InChI is InChI=1S/C18H21ClN2O3S/c1-3-4-7-10-21(17(22)13-8-5-6-9-14(13)19)11-16-20-15(12-25-16)18(23)24-2/h5-6,8-9,12H,3-4,7,10-11H2,1-2H3. The molecule has 25 heavy (non-hydrogen) atoms. The molecule has 1 heterocycles. The van der Waals surface area contributed by atoms with E-state index in [-0.39, 0.29) is 11.6 Å². The zero-order chi connectivity index (χ0) is 18.2. The third-order valence-corrected chi connectivity index (χ3v) is 4.86. The Morgan fingerprint density at radius 1 is 1.28 bits per heavy atom. The Kier molecular flexibility index (Phi) is 7.40. The summed E-state index contributed by atoms with van der Waals surface area (Å²) >= 11 is 7.51. The molecule has 7 heteroatoms. The molecule has 0 aliphatic rings. The van der Waals surface area contributed by atoms with Gasteiger partial charge in [-0.2, -0.15) is 0 Å². The molecular weight excluding hydrogens is 360 g/mol. The number of carbonyl (C=O) groups excluding carboxylic acids is 2. The summed E-state index contributed by atoms with van der Waals surface area (Å²) in [7, 11) is 1.32. The fourth-order valence-corrected chi connectivity index (χ4v) is 3.35. The van der Waals surface area contributed by atoms with Crippen LogP contribution in [0.25, 0.3) is 0 Å². The van der Waals surface area contributed by atoms with Crippen molar-refractivity contribution in [1.82, 2.24) is 9.88 Å². The minimum atomic E-state index is -0.475. The lowest BCUT2D eigenvalue weighted by Gasteiger charge is -2.22. The molecule has 0 N–H and O–H groups in total. The molecular formula is C18H21ClN2O3S. The molecule has 2 rings (SSSR count). The monoisotopic (exact) mass is 380 g/mol. The molecule has 1 aromatic heterocycles. The van der Waals surface area contributed by atoms with E-state index in [9.17, 15) is 9.59 Å². The van der Waals surface area contributed by atoms with Gasteiger partial charge in [-0.05, 0) is 18.6 Å². The summed E-state index contributed by atoms with van der Waals surface area (Å²) in [6, 6.07) is 7.02. The fourth-order valence-electron chi connectivity index (χ4n) is 2.36. The van der Waals surface area contributed by atoms with E-state index >= 15 is 0 Å². The first-order chi connectivity index (χ1) is 12.1. The molecule has 0 aliphatic heterocycles. The maximum atomic E-state index is 12.9. The second-order valence-electron chi connectivity index (χ2n) is 5.53.